The fraction of sp³-hybridized carbons (Fsp3) is 0.714. The average molecular weight is 397 g/mol. The summed E-state index contributed by atoms with van der Waals surface area (Å²) in [5.74, 6) is 0.308. The third kappa shape index (κ3) is 5.32. The Hall–Kier alpha value is 0.0500. The Morgan fingerprint density at radius 2 is 2.05 bits per heavy atom. The SMILES string of the molecule is CCCNCc1cc(S(=O)(=O)N(CC)CC(C)C)c(Br)s1. The van der Waals surface area contributed by atoms with Crippen LogP contribution in [0.3, 0.4) is 0 Å². The molecule has 0 saturated carbocycles. The Kier molecular flexibility index (Phi) is 7.84. The van der Waals surface area contributed by atoms with Gasteiger partial charge in [-0.05, 0) is 40.9 Å². The third-order valence-corrected chi connectivity index (χ3v) is 7.16. The first-order valence-corrected chi connectivity index (χ1v) is 10.4. The van der Waals surface area contributed by atoms with Crippen LogP contribution in [0.5, 0.6) is 0 Å². The van der Waals surface area contributed by atoms with Gasteiger partial charge in [0.2, 0.25) is 10.0 Å². The Morgan fingerprint density at radius 1 is 1.38 bits per heavy atom. The smallest absolute Gasteiger partial charge is 0.245 e. The number of sulfonamides is 1. The molecule has 0 atom stereocenters. The van der Waals surface area contributed by atoms with Crippen molar-refractivity contribution in [2.45, 2.75) is 45.6 Å². The van der Waals surface area contributed by atoms with Crippen molar-refractivity contribution in [2.24, 2.45) is 5.92 Å². The molecule has 0 aliphatic rings. The summed E-state index contributed by atoms with van der Waals surface area (Å²) in [6.45, 7) is 10.7. The van der Waals surface area contributed by atoms with Crippen molar-refractivity contribution < 1.29 is 8.42 Å². The minimum Gasteiger partial charge on any atom is -0.312 e. The second-order valence-electron chi connectivity index (χ2n) is 5.38. The van der Waals surface area contributed by atoms with Crippen LogP contribution in [0.1, 0.15) is 39.0 Å². The average Bonchev–Trinajstić information content (AvgIpc) is 2.78. The molecule has 122 valence electrons. The summed E-state index contributed by atoms with van der Waals surface area (Å²) in [6.07, 6.45) is 1.07. The van der Waals surface area contributed by atoms with E-state index in [1.807, 2.05) is 20.8 Å². The summed E-state index contributed by atoms with van der Waals surface area (Å²) in [6, 6.07) is 1.79. The number of hydrogen-bond acceptors (Lipinski definition) is 4. The van der Waals surface area contributed by atoms with Crippen molar-refractivity contribution in [2.75, 3.05) is 19.6 Å². The van der Waals surface area contributed by atoms with E-state index in [0.717, 1.165) is 17.8 Å². The minimum atomic E-state index is -3.42. The Bertz CT molecular complexity index is 541. The lowest BCUT2D eigenvalue weighted by Crippen LogP contribution is -2.34. The predicted molar refractivity (Wildman–Crippen MR) is 93.3 cm³/mol. The van der Waals surface area contributed by atoms with Gasteiger partial charge in [-0.2, -0.15) is 4.31 Å². The zero-order valence-corrected chi connectivity index (χ0v) is 16.4. The molecular formula is C14H25BrN2O2S2. The van der Waals surface area contributed by atoms with Crippen molar-refractivity contribution in [1.82, 2.24) is 9.62 Å². The summed E-state index contributed by atoms with van der Waals surface area (Å²) in [7, 11) is -3.42. The number of nitrogens with zero attached hydrogens (tertiary/aromatic N) is 1. The van der Waals surface area contributed by atoms with E-state index in [4.69, 9.17) is 0 Å². The lowest BCUT2D eigenvalue weighted by Gasteiger charge is -2.22. The van der Waals surface area contributed by atoms with Gasteiger partial charge in [0, 0.05) is 24.5 Å². The molecule has 0 bridgehead atoms. The second-order valence-corrected chi connectivity index (χ2v) is 9.74. The molecule has 0 fully saturated rings. The van der Waals surface area contributed by atoms with Gasteiger partial charge in [0.15, 0.2) is 0 Å². The Labute approximate surface area is 141 Å². The van der Waals surface area contributed by atoms with E-state index < -0.39 is 10.0 Å². The first kappa shape index (κ1) is 19.1. The Morgan fingerprint density at radius 3 is 2.57 bits per heavy atom. The van der Waals surface area contributed by atoms with Crippen molar-refractivity contribution >= 4 is 37.3 Å². The van der Waals surface area contributed by atoms with E-state index in [1.54, 1.807) is 10.4 Å². The predicted octanol–water partition coefficient (Wildman–Crippen LogP) is 3.68. The van der Waals surface area contributed by atoms with E-state index in [-0.39, 0.29) is 0 Å². The molecule has 4 nitrogen and oxygen atoms in total. The van der Waals surface area contributed by atoms with Crippen LogP contribution in [0.2, 0.25) is 0 Å². The van der Waals surface area contributed by atoms with Crippen molar-refractivity contribution in [3.63, 3.8) is 0 Å². The van der Waals surface area contributed by atoms with E-state index in [1.165, 1.54) is 11.3 Å². The van der Waals surface area contributed by atoms with Gasteiger partial charge < -0.3 is 5.32 Å². The molecule has 0 saturated heterocycles. The van der Waals surface area contributed by atoms with Crippen molar-refractivity contribution in [3.8, 4) is 0 Å². The molecule has 0 spiro atoms. The maximum Gasteiger partial charge on any atom is 0.245 e. The van der Waals surface area contributed by atoms with Gasteiger partial charge in [0.05, 0.1) is 3.79 Å². The topological polar surface area (TPSA) is 49.4 Å². The molecule has 0 radical (unpaired) electrons. The van der Waals surface area contributed by atoms with Crippen molar-refractivity contribution in [1.29, 1.82) is 0 Å². The molecule has 21 heavy (non-hydrogen) atoms. The van der Waals surface area contributed by atoms with Gasteiger partial charge in [-0.25, -0.2) is 8.42 Å². The highest BCUT2D eigenvalue weighted by molar-refractivity contribution is 9.11. The van der Waals surface area contributed by atoms with Crippen LogP contribution in [0.4, 0.5) is 0 Å². The maximum absolute atomic E-state index is 12.7. The lowest BCUT2D eigenvalue weighted by atomic mass is 10.2. The largest absolute Gasteiger partial charge is 0.312 e. The van der Waals surface area contributed by atoms with Gasteiger partial charge >= 0.3 is 0 Å². The van der Waals surface area contributed by atoms with Crippen LogP contribution >= 0.6 is 27.3 Å². The number of rotatable bonds is 9. The van der Waals surface area contributed by atoms with Gasteiger partial charge in [0.1, 0.15) is 4.90 Å². The number of nitrogens with one attached hydrogen (secondary N) is 1. The van der Waals surface area contributed by atoms with E-state index >= 15 is 0 Å². The highest BCUT2D eigenvalue weighted by Crippen LogP contribution is 2.33. The second kappa shape index (κ2) is 8.62. The first-order valence-electron chi connectivity index (χ1n) is 7.31. The molecule has 7 heteroatoms. The lowest BCUT2D eigenvalue weighted by molar-refractivity contribution is 0.381. The van der Waals surface area contributed by atoms with E-state index in [2.05, 4.69) is 28.2 Å². The van der Waals surface area contributed by atoms with E-state index in [9.17, 15) is 8.42 Å². The maximum atomic E-state index is 12.7. The van der Waals surface area contributed by atoms with Crippen molar-refractivity contribution in [3.05, 3.63) is 14.7 Å². The summed E-state index contributed by atoms with van der Waals surface area (Å²) >= 11 is 4.90. The summed E-state index contributed by atoms with van der Waals surface area (Å²) < 4.78 is 27.7. The van der Waals surface area contributed by atoms with Crippen LogP contribution in [0.15, 0.2) is 14.7 Å². The molecule has 1 N–H and O–H groups in total. The molecule has 1 heterocycles. The standard InChI is InChI=1S/C14H25BrN2O2S2/c1-5-7-16-9-12-8-13(14(15)20-12)21(18,19)17(6-2)10-11(3)4/h8,11,16H,5-7,9-10H2,1-4H3. The zero-order valence-electron chi connectivity index (χ0n) is 13.1. The highest BCUT2D eigenvalue weighted by atomic mass is 79.9. The number of hydrogen-bond donors (Lipinski definition) is 1. The van der Waals surface area contributed by atoms with E-state index in [0.29, 0.717) is 34.2 Å². The molecule has 0 aromatic carbocycles. The number of thiophene rings is 1. The van der Waals surface area contributed by atoms with Crippen LogP contribution in [-0.2, 0) is 16.6 Å². The van der Waals surface area contributed by atoms with Crippen LogP contribution in [-0.4, -0.2) is 32.4 Å². The van der Waals surface area contributed by atoms with Crippen LogP contribution < -0.4 is 5.32 Å². The molecule has 1 rings (SSSR count). The molecule has 0 aliphatic carbocycles. The van der Waals surface area contributed by atoms with Crippen LogP contribution in [0, 0.1) is 5.92 Å². The first-order chi connectivity index (χ1) is 9.82. The third-order valence-electron chi connectivity index (χ3n) is 2.97. The molecule has 0 amide bonds. The summed E-state index contributed by atoms with van der Waals surface area (Å²) in [4.78, 5) is 1.43. The quantitative estimate of drug-likeness (QED) is 0.647. The monoisotopic (exact) mass is 396 g/mol. The Balaban J connectivity index is 2.96. The summed E-state index contributed by atoms with van der Waals surface area (Å²) in [5.41, 5.74) is 0. The molecule has 1 aromatic heterocycles. The molecule has 1 aromatic rings. The fourth-order valence-electron chi connectivity index (χ4n) is 1.99. The van der Waals surface area contributed by atoms with Gasteiger partial charge in [-0.15, -0.1) is 11.3 Å². The van der Waals surface area contributed by atoms with Gasteiger partial charge in [0.25, 0.3) is 0 Å². The fourth-order valence-corrected chi connectivity index (χ4v) is 6.21. The molecular weight excluding hydrogens is 372 g/mol. The van der Waals surface area contributed by atoms with Crippen LogP contribution in [0.25, 0.3) is 0 Å². The van der Waals surface area contributed by atoms with Gasteiger partial charge in [-0.3, -0.25) is 0 Å². The molecule has 0 unspecified atom stereocenters. The van der Waals surface area contributed by atoms with Gasteiger partial charge in [-0.1, -0.05) is 27.7 Å². The number of halogens is 1. The minimum absolute atomic E-state index is 0.308. The molecule has 0 aliphatic heterocycles. The zero-order chi connectivity index (χ0) is 16.0. The normalized spacial score (nSPS) is 12.5. The summed E-state index contributed by atoms with van der Waals surface area (Å²) in [5, 5.41) is 3.30. The highest BCUT2D eigenvalue weighted by Gasteiger charge is 2.27.